The van der Waals surface area contributed by atoms with E-state index in [0.717, 1.165) is 5.56 Å². The van der Waals surface area contributed by atoms with Gasteiger partial charge in [0.05, 0.1) is 28.1 Å². The molecule has 0 atom stereocenters. The first-order chi connectivity index (χ1) is 14.9. The number of ether oxygens (including phenoxy) is 1. The van der Waals surface area contributed by atoms with Gasteiger partial charge in [-0.3, -0.25) is 9.59 Å². The number of hydrogen-bond acceptors (Lipinski definition) is 5. The lowest BCUT2D eigenvalue weighted by Crippen LogP contribution is -2.21. The number of carbonyl (C=O) groups is 2. The lowest BCUT2D eigenvalue weighted by Gasteiger charge is -2.11. The van der Waals surface area contributed by atoms with Gasteiger partial charge in [-0.15, -0.1) is 0 Å². The second-order valence-electron chi connectivity index (χ2n) is 6.57. The van der Waals surface area contributed by atoms with E-state index in [1.807, 2.05) is 41.6 Å². The highest BCUT2D eigenvalue weighted by molar-refractivity contribution is 14.1. The summed E-state index contributed by atoms with van der Waals surface area (Å²) in [5.41, 5.74) is 5.13. The molecule has 3 aromatic rings. The van der Waals surface area contributed by atoms with Gasteiger partial charge in [0.2, 0.25) is 0 Å². The van der Waals surface area contributed by atoms with E-state index in [2.05, 4.69) is 15.8 Å². The number of hydrogen-bond donors (Lipinski definition) is 3. The third-order valence-corrected chi connectivity index (χ3v) is 5.28. The summed E-state index contributed by atoms with van der Waals surface area (Å²) in [6.45, 7) is 1.85. The van der Waals surface area contributed by atoms with Gasteiger partial charge < -0.3 is 15.2 Å². The molecule has 0 heterocycles. The van der Waals surface area contributed by atoms with Gasteiger partial charge in [-0.25, -0.2) is 5.43 Å². The second kappa shape index (κ2) is 10.1. The molecular formula is C23H20IN3O4. The highest BCUT2D eigenvalue weighted by Gasteiger charge is 2.15. The number of phenols is 1. The zero-order chi connectivity index (χ0) is 22.4. The molecule has 7 nitrogen and oxygen atoms in total. The minimum atomic E-state index is -0.475. The Hall–Kier alpha value is -3.40. The SMILES string of the molecule is COc1cc(/C=N\NC(=O)c2ccccc2NC(=O)c2ccccc2C)cc(I)c1O. The van der Waals surface area contributed by atoms with Crippen LogP contribution in [0, 0.1) is 10.5 Å². The molecule has 0 spiro atoms. The number of hydrazone groups is 1. The predicted octanol–water partition coefficient (Wildman–Crippen LogP) is 4.33. The van der Waals surface area contributed by atoms with Gasteiger partial charge in [0, 0.05) is 5.56 Å². The Morgan fingerprint density at radius 1 is 1.03 bits per heavy atom. The van der Waals surface area contributed by atoms with Crippen LogP contribution in [0.1, 0.15) is 31.8 Å². The van der Waals surface area contributed by atoms with Crippen LogP contribution >= 0.6 is 22.6 Å². The summed E-state index contributed by atoms with van der Waals surface area (Å²) >= 11 is 1.98. The fraction of sp³-hybridized carbons (Fsp3) is 0.0870. The van der Waals surface area contributed by atoms with Crippen LogP contribution in [0.5, 0.6) is 11.5 Å². The van der Waals surface area contributed by atoms with Crippen LogP contribution in [-0.2, 0) is 0 Å². The number of para-hydroxylation sites is 1. The van der Waals surface area contributed by atoms with Crippen molar-refractivity contribution in [1.82, 2.24) is 5.43 Å². The van der Waals surface area contributed by atoms with E-state index in [4.69, 9.17) is 4.74 Å². The van der Waals surface area contributed by atoms with Crippen LogP contribution in [0.15, 0.2) is 65.8 Å². The number of aryl methyl sites for hydroxylation is 1. The molecule has 0 saturated carbocycles. The molecule has 0 aliphatic heterocycles. The summed E-state index contributed by atoms with van der Waals surface area (Å²) in [5, 5.41) is 16.7. The van der Waals surface area contributed by atoms with Gasteiger partial charge in [0.1, 0.15) is 0 Å². The van der Waals surface area contributed by atoms with Crippen molar-refractivity contribution in [2.75, 3.05) is 12.4 Å². The topological polar surface area (TPSA) is 100 Å². The van der Waals surface area contributed by atoms with Crippen molar-refractivity contribution in [3.8, 4) is 11.5 Å². The summed E-state index contributed by atoms with van der Waals surface area (Å²) in [5.74, 6) is -0.420. The third kappa shape index (κ3) is 5.40. The van der Waals surface area contributed by atoms with Gasteiger partial charge in [0.25, 0.3) is 11.8 Å². The summed E-state index contributed by atoms with van der Waals surface area (Å²) in [6, 6.07) is 17.2. The minimum absolute atomic E-state index is 0.0441. The van der Waals surface area contributed by atoms with E-state index in [-0.39, 0.29) is 17.2 Å². The first kappa shape index (κ1) is 22.3. The average Bonchev–Trinajstić information content (AvgIpc) is 2.76. The molecule has 0 saturated heterocycles. The number of aromatic hydroxyl groups is 1. The standard InChI is InChI=1S/C23H20IN3O4/c1-14-7-3-4-8-16(14)22(29)26-19-10-6-5-9-17(19)23(30)27-25-13-15-11-18(24)21(28)20(12-15)31-2/h3-13,28H,1-2H3,(H,26,29)(H,27,30)/b25-13-. The summed E-state index contributed by atoms with van der Waals surface area (Å²) in [4.78, 5) is 25.3. The molecule has 3 aromatic carbocycles. The van der Waals surface area contributed by atoms with Gasteiger partial charge >= 0.3 is 0 Å². The summed E-state index contributed by atoms with van der Waals surface area (Å²) < 4.78 is 5.71. The minimum Gasteiger partial charge on any atom is -0.504 e. The number of carbonyl (C=O) groups excluding carboxylic acids is 2. The van der Waals surface area contributed by atoms with Crippen molar-refractivity contribution in [2.24, 2.45) is 5.10 Å². The molecule has 158 valence electrons. The van der Waals surface area contributed by atoms with Gasteiger partial charge in [0.15, 0.2) is 11.5 Å². The smallest absolute Gasteiger partial charge is 0.273 e. The Bertz CT molecular complexity index is 1160. The molecule has 0 bridgehead atoms. The molecule has 0 radical (unpaired) electrons. The molecule has 0 unspecified atom stereocenters. The maximum Gasteiger partial charge on any atom is 0.273 e. The zero-order valence-electron chi connectivity index (χ0n) is 16.8. The number of benzene rings is 3. The highest BCUT2D eigenvalue weighted by atomic mass is 127. The number of halogens is 1. The Morgan fingerprint density at radius 2 is 1.71 bits per heavy atom. The van der Waals surface area contributed by atoms with Gasteiger partial charge in [-0.1, -0.05) is 30.3 Å². The molecule has 31 heavy (non-hydrogen) atoms. The van der Waals surface area contributed by atoms with E-state index in [9.17, 15) is 14.7 Å². The number of methoxy groups -OCH3 is 1. The maximum absolute atomic E-state index is 12.6. The zero-order valence-corrected chi connectivity index (χ0v) is 19.0. The molecule has 0 fully saturated rings. The fourth-order valence-corrected chi connectivity index (χ4v) is 3.48. The normalized spacial score (nSPS) is 10.7. The van der Waals surface area contributed by atoms with E-state index in [0.29, 0.717) is 26.1 Å². The van der Waals surface area contributed by atoms with E-state index in [1.54, 1.807) is 48.5 Å². The second-order valence-corrected chi connectivity index (χ2v) is 7.73. The van der Waals surface area contributed by atoms with Crippen LogP contribution in [0.2, 0.25) is 0 Å². The first-order valence-electron chi connectivity index (χ1n) is 9.26. The molecular weight excluding hydrogens is 509 g/mol. The maximum atomic E-state index is 12.6. The largest absolute Gasteiger partial charge is 0.504 e. The van der Waals surface area contributed by atoms with Crippen LogP contribution in [0.4, 0.5) is 5.69 Å². The Balaban J connectivity index is 1.75. The van der Waals surface area contributed by atoms with Crippen molar-refractivity contribution in [3.05, 3.63) is 86.5 Å². The molecule has 3 rings (SSSR count). The lowest BCUT2D eigenvalue weighted by molar-refractivity contribution is 0.0956. The predicted molar refractivity (Wildman–Crippen MR) is 128 cm³/mol. The number of nitrogens with one attached hydrogen (secondary N) is 2. The third-order valence-electron chi connectivity index (χ3n) is 4.46. The monoisotopic (exact) mass is 529 g/mol. The molecule has 0 aliphatic carbocycles. The molecule has 3 N–H and O–H groups in total. The van der Waals surface area contributed by atoms with Crippen LogP contribution in [0.3, 0.4) is 0 Å². The number of amides is 2. The Kier molecular flexibility index (Phi) is 7.24. The van der Waals surface area contributed by atoms with Gasteiger partial charge in [-0.2, -0.15) is 5.10 Å². The number of rotatable bonds is 6. The van der Waals surface area contributed by atoms with E-state index < -0.39 is 5.91 Å². The number of nitrogens with zero attached hydrogens (tertiary/aromatic N) is 1. The number of anilines is 1. The highest BCUT2D eigenvalue weighted by Crippen LogP contribution is 2.31. The summed E-state index contributed by atoms with van der Waals surface area (Å²) in [7, 11) is 1.45. The molecule has 0 aliphatic rings. The van der Waals surface area contributed by atoms with E-state index >= 15 is 0 Å². The lowest BCUT2D eigenvalue weighted by atomic mass is 10.1. The van der Waals surface area contributed by atoms with Gasteiger partial charge in [-0.05, 0) is 71.0 Å². The first-order valence-corrected chi connectivity index (χ1v) is 10.3. The fourth-order valence-electron chi connectivity index (χ4n) is 2.86. The molecule has 0 aromatic heterocycles. The molecule has 2 amide bonds. The van der Waals surface area contributed by atoms with Crippen molar-refractivity contribution < 1.29 is 19.4 Å². The van der Waals surface area contributed by atoms with Crippen LogP contribution in [0.25, 0.3) is 0 Å². The van der Waals surface area contributed by atoms with Crippen molar-refractivity contribution >= 4 is 46.3 Å². The average molecular weight is 529 g/mol. The van der Waals surface area contributed by atoms with Crippen LogP contribution in [-0.4, -0.2) is 30.2 Å². The van der Waals surface area contributed by atoms with E-state index in [1.165, 1.54) is 13.3 Å². The van der Waals surface area contributed by atoms with Crippen LogP contribution < -0.4 is 15.5 Å². The number of phenolic OH excluding ortho intramolecular Hbond substituents is 1. The molecule has 8 heteroatoms. The quantitative estimate of drug-likeness (QED) is 0.252. The van der Waals surface area contributed by atoms with Crippen molar-refractivity contribution in [1.29, 1.82) is 0 Å². The summed E-state index contributed by atoms with van der Waals surface area (Å²) in [6.07, 6.45) is 1.44. The van der Waals surface area contributed by atoms with Crippen molar-refractivity contribution in [3.63, 3.8) is 0 Å². The Labute approximate surface area is 193 Å². The van der Waals surface area contributed by atoms with Crippen molar-refractivity contribution in [2.45, 2.75) is 6.92 Å². The Morgan fingerprint density at radius 3 is 2.42 bits per heavy atom.